The number of carbonyl (C=O) groups excluding carboxylic acids is 1. The van der Waals surface area contributed by atoms with Crippen molar-refractivity contribution in [3.05, 3.63) is 52.6 Å². The van der Waals surface area contributed by atoms with Crippen LogP contribution in [0.3, 0.4) is 0 Å². The molecule has 0 aliphatic rings. The number of hydrogen-bond acceptors (Lipinski definition) is 6. The number of hydrogen-bond donors (Lipinski definition) is 2. The van der Waals surface area contributed by atoms with E-state index in [2.05, 4.69) is 10.3 Å². The van der Waals surface area contributed by atoms with E-state index in [1.165, 1.54) is 43.3 Å². The third kappa shape index (κ3) is 4.42. The molecule has 0 fully saturated rings. The van der Waals surface area contributed by atoms with Crippen LogP contribution in [0.1, 0.15) is 23.7 Å². The monoisotopic (exact) mass is 362 g/mol. The lowest BCUT2D eigenvalue weighted by Crippen LogP contribution is -2.50. The zero-order valence-corrected chi connectivity index (χ0v) is 14.2. The topological polar surface area (TPSA) is 137 Å². The Morgan fingerprint density at radius 1 is 1.46 bits per heavy atom. The lowest BCUT2D eigenvalue weighted by Gasteiger charge is -2.28. The second-order valence-electron chi connectivity index (χ2n) is 5.95. The van der Waals surface area contributed by atoms with E-state index in [-0.39, 0.29) is 30.0 Å². The van der Waals surface area contributed by atoms with Crippen LogP contribution in [0.4, 0.5) is 5.69 Å². The summed E-state index contributed by atoms with van der Waals surface area (Å²) >= 11 is 0. The van der Waals surface area contributed by atoms with Gasteiger partial charge < -0.3 is 19.7 Å². The van der Waals surface area contributed by atoms with Gasteiger partial charge in [0, 0.05) is 31.1 Å². The number of imidazole rings is 1. The molecule has 1 unspecified atom stereocenters. The number of methoxy groups -OCH3 is 1. The summed E-state index contributed by atoms with van der Waals surface area (Å²) in [4.78, 5) is 38.1. The maximum atomic E-state index is 12.5. The Labute approximate surface area is 148 Å². The standard InChI is InChI=1S/C16H18N4O6/c1-16(9-26-2,8-14(21)22)18-15(23)11-3-4-12(13(7-11)20(24)25)19-6-5-17-10-19/h3-7,10H,8-9H2,1-2H3,(H,18,23)(H,21,22). The van der Waals surface area contributed by atoms with Crippen LogP contribution in [0.2, 0.25) is 0 Å². The molecule has 2 aromatic rings. The van der Waals surface area contributed by atoms with Crippen LogP contribution < -0.4 is 5.32 Å². The molecule has 10 nitrogen and oxygen atoms in total. The number of aliphatic carboxylic acids is 1. The van der Waals surface area contributed by atoms with E-state index in [0.717, 1.165) is 6.07 Å². The van der Waals surface area contributed by atoms with E-state index in [9.17, 15) is 19.7 Å². The van der Waals surface area contributed by atoms with E-state index in [1.807, 2.05) is 0 Å². The Hall–Kier alpha value is -3.27. The Morgan fingerprint density at radius 2 is 2.19 bits per heavy atom. The molecular formula is C16H18N4O6. The fourth-order valence-corrected chi connectivity index (χ4v) is 2.56. The SMILES string of the molecule is COCC(C)(CC(=O)O)NC(=O)c1ccc(-n2ccnc2)c([N+](=O)[O-])c1. The molecule has 138 valence electrons. The Kier molecular flexibility index (Phi) is 5.68. The van der Waals surface area contributed by atoms with Crippen molar-refractivity contribution in [2.75, 3.05) is 13.7 Å². The summed E-state index contributed by atoms with van der Waals surface area (Å²) in [5, 5.41) is 23.0. The summed E-state index contributed by atoms with van der Waals surface area (Å²) in [5.41, 5.74) is -1.14. The molecule has 0 saturated carbocycles. The maximum Gasteiger partial charge on any atom is 0.305 e. The van der Waals surface area contributed by atoms with E-state index in [1.54, 1.807) is 6.20 Å². The molecule has 1 atom stereocenters. The van der Waals surface area contributed by atoms with Gasteiger partial charge >= 0.3 is 5.97 Å². The number of ether oxygens (including phenoxy) is 1. The molecule has 2 N–H and O–H groups in total. The van der Waals surface area contributed by atoms with Gasteiger partial charge in [0.05, 0.1) is 29.8 Å². The molecule has 1 aromatic heterocycles. The summed E-state index contributed by atoms with van der Waals surface area (Å²) in [6.07, 6.45) is 4.07. The molecule has 1 heterocycles. The Bertz CT molecular complexity index is 820. The van der Waals surface area contributed by atoms with Crippen LogP contribution in [0.5, 0.6) is 0 Å². The second kappa shape index (κ2) is 7.74. The van der Waals surface area contributed by atoms with Gasteiger partial charge in [0.25, 0.3) is 11.6 Å². The van der Waals surface area contributed by atoms with Crippen LogP contribution in [0.15, 0.2) is 36.9 Å². The van der Waals surface area contributed by atoms with Crippen molar-refractivity contribution in [3.8, 4) is 5.69 Å². The Balaban J connectivity index is 2.33. The first-order valence-corrected chi connectivity index (χ1v) is 7.56. The highest BCUT2D eigenvalue weighted by Gasteiger charge is 2.30. The van der Waals surface area contributed by atoms with E-state index >= 15 is 0 Å². The van der Waals surface area contributed by atoms with Crippen molar-refractivity contribution in [1.29, 1.82) is 0 Å². The normalized spacial score (nSPS) is 13.0. The zero-order valence-electron chi connectivity index (χ0n) is 14.2. The summed E-state index contributed by atoms with van der Waals surface area (Å²) in [7, 11) is 1.39. The molecule has 0 spiro atoms. The minimum Gasteiger partial charge on any atom is -0.481 e. The Morgan fingerprint density at radius 3 is 2.73 bits per heavy atom. The van der Waals surface area contributed by atoms with Gasteiger partial charge in [-0.25, -0.2) is 4.98 Å². The quantitative estimate of drug-likeness (QED) is 0.535. The molecule has 0 bridgehead atoms. The molecule has 0 saturated heterocycles. The third-order valence-electron chi connectivity index (χ3n) is 3.64. The zero-order chi connectivity index (χ0) is 19.3. The smallest absolute Gasteiger partial charge is 0.305 e. The molecule has 0 radical (unpaired) electrons. The highest BCUT2D eigenvalue weighted by Crippen LogP contribution is 2.24. The summed E-state index contributed by atoms with van der Waals surface area (Å²) < 4.78 is 6.44. The number of aromatic nitrogens is 2. The third-order valence-corrected chi connectivity index (χ3v) is 3.64. The van der Waals surface area contributed by atoms with Crippen LogP contribution in [-0.4, -0.2) is 50.7 Å². The highest BCUT2D eigenvalue weighted by molar-refractivity contribution is 5.96. The predicted molar refractivity (Wildman–Crippen MR) is 90.2 cm³/mol. The summed E-state index contributed by atoms with van der Waals surface area (Å²) in [6.45, 7) is 1.50. The average molecular weight is 362 g/mol. The average Bonchev–Trinajstić information content (AvgIpc) is 3.07. The molecular weight excluding hydrogens is 344 g/mol. The minimum atomic E-state index is -1.16. The first-order chi connectivity index (χ1) is 12.3. The van der Waals surface area contributed by atoms with Gasteiger partial charge in [0.1, 0.15) is 5.69 Å². The summed E-state index contributed by atoms with van der Waals surface area (Å²) in [5.74, 6) is -1.74. The van der Waals surface area contributed by atoms with Crippen molar-refractivity contribution >= 4 is 17.6 Å². The lowest BCUT2D eigenvalue weighted by molar-refractivity contribution is -0.384. The van der Waals surface area contributed by atoms with Gasteiger partial charge in [-0.05, 0) is 19.1 Å². The van der Waals surface area contributed by atoms with Gasteiger partial charge in [0.15, 0.2) is 0 Å². The fourth-order valence-electron chi connectivity index (χ4n) is 2.56. The number of amides is 1. The first kappa shape index (κ1) is 19.1. The molecule has 1 amide bonds. The van der Waals surface area contributed by atoms with Crippen molar-refractivity contribution in [3.63, 3.8) is 0 Å². The fraction of sp³-hybridized carbons (Fsp3) is 0.312. The number of nitrogens with one attached hydrogen (secondary N) is 1. The van der Waals surface area contributed by atoms with Gasteiger partial charge in [0.2, 0.25) is 0 Å². The second-order valence-corrected chi connectivity index (χ2v) is 5.95. The molecule has 0 aliphatic carbocycles. The number of benzene rings is 1. The molecule has 1 aromatic carbocycles. The van der Waals surface area contributed by atoms with Gasteiger partial charge in [-0.1, -0.05) is 0 Å². The maximum absolute atomic E-state index is 12.5. The lowest BCUT2D eigenvalue weighted by atomic mass is 9.98. The van der Waals surface area contributed by atoms with E-state index in [0.29, 0.717) is 0 Å². The van der Waals surface area contributed by atoms with Crippen LogP contribution >= 0.6 is 0 Å². The largest absolute Gasteiger partial charge is 0.481 e. The predicted octanol–water partition coefficient (Wildman–Crippen LogP) is 1.39. The number of carboxylic acids is 1. The summed E-state index contributed by atoms with van der Waals surface area (Å²) in [6, 6.07) is 3.99. The highest BCUT2D eigenvalue weighted by atomic mass is 16.6. The van der Waals surface area contributed by atoms with Gasteiger partial charge in [-0.2, -0.15) is 0 Å². The molecule has 0 aliphatic heterocycles. The van der Waals surface area contributed by atoms with Gasteiger partial charge in [-0.15, -0.1) is 0 Å². The van der Waals surface area contributed by atoms with E-state index in [4.69, 9.17) is 9.84 Å². The molecule has 2 rings (SSSR count). The van der Waals surface area contributed by atoms with Crippen LogP contribution in [-0.2, 0) is 9.53 Å². The van der Waals surface area contributed by atoms with Crippen molar-refractivity contribution in [2.45, 2.75) is 18.9 Å². The number of rotatable bonds is 8. The number of nitrogens with zero attached hydrogens (tertiary/aromatic N) is 3. The van der Waals surface area contributed by atoms with Crippen LogP contribution in [0.25, 0.3) is 5.69 Å². The molecule has 10 heteroatoms. The van der Waals surface area contributed by atoms with E-state index < -0.39 is 22.3 Å². The molecule has 26 heavy (non-hydrogen) atoms. The van der Waals surface area contributed by atoms with Gasteiger partial charge in [-0.3, -0.25) is 19.7 Å². The number of nitro groups is 1. The number of carbonyl (C=O) groups is 2. The van der Waals surface area contributed by atoms with Crippen LogP contribution in [0, 0.1) is 10.1 Å². The van der Waals surface area contributed by atoms with Crippen molar-refractivity contribution in [2.24, 2.45) is 0 Å². The minimum absolute atomic E-state index is 0.0275. The number of carboxylic acid groups (broad SMARTS) is 1. The van der Waals surface area contributed by atoms with Crippen molar-refractivity contribution < 1.29 is 24.4 Å². The number of nitro benzene ring substituents is 1. The van der Waals surface area contributed by atoms with Crippen molar-refractivity contribution in [1.82, 2.24) is 14.9 Å². The first-order valence-electron chi connectivity index (χ1n) is 7.56.